The number of nitrogens with one attached hydrogen (secondary N) is 1. The fourth-order valence-corrected chi connectivity index (χ4v) is 5.97. The molecular formula is C32H35F3N4O6. The molecule has 1 saturated heterocycles. The van der Waals surface area contributed by atoms with E-state index in [9.17, 15) is 28.0 Å². The van der Waals surface area contributed by atoms with Crippen LogP contribution in [0.1, 0.15) is 46.1 Å². The number of nitrogens with zero attached hydrogens (tertiary/aromatic N) is 3. The molecule has 10 nitrogen and oxygen atoms in total. The van der Waals surface area contributed by atoms with Crippen LogP contribution in [0, 0.1) is 12.7 Å². The fourth-order valence-electron chi connectivity index (χ4n) is 5.97. The van der Waals surface area contributed by atoms with Crippen molar-refractivity contribution in [2.45, 2.75) is 58.2 Å². The Labute approximate surface area is 257 Å². The van der Waals surface area contributed by atoms with Gasteiger partial charge >= 0.3 is 5.69 Å². The summed E-state index contributed by atoms with van der Waals surface area (Å²) in [4.78, 5) is 53.6. The van der Waals surface area contributed by atoms with Gasteiger partial charge in [-0.25, -0.2) is 22.5 Å². The van der Waals surface area contributed by atoms with Gasteiger partial charge in [0.2, 0.25) is 6.43 Å². The fraction of sp³-hybridized carbons (Fsp3) is 0.438. The van der Waals surface area contributed by atoms with Crippen molar-refractivity contribution < 1.29 is 32.2 Å². The van der Waals surface area contributed by atoms with Crippen molar-refractivity contribution in [3.8, 4) is 5.69 Å². The SMILES string of the molecule is CC(=O)[C@H](Cc1ccc(-n2c(=O)c3c(n(C)c2=O)CCOC3)cc1)NC(=O)c1c(C)cc(N2CCOC[C@@H]2CC(F)F)cc1F. The molecule has 5 rings (SSSR count). The van der Waals surface area contributed by atoms with E-state index in [1.807, 2.05) is 0 Å². The highest BCUT2D eigenvalue weighted by atomic mass is 19.3. The first kappa shape index (κ1) is 32.2. The van der Waals surface area contributed by atoms with Crippen LogP contribution in [0.4, 0.5) is 18.9 Å². The number of alkyl halides is 2. The van der Waals surface area contributed by atoms with Crippen LogP contribution in [0.25, 0.3) is 5.69 Å². The number of fused-ring (bicyclic) bond motifs is 1. The molecule has 3 heterocycles. The zero-order valence-corrected chi connectivity index (χ0v) is 25.3. The lowest BCUT2D eigenvalue weighted by atomic mass is 10.0. The molecule has 0 aliphatic carbocycles. The van der Waals surface area contributed by atoms with Gasteiger partial charge in [-0.05, 0) is 55.7 Å². The van der Waals surface area contributed by atoms with Gasteiger partial charge in [0.05, 0.1) is 55.3 Å². The van der Waals surface area contributed by atoms with Gasteiger partial charge in [-0.15, -0.1) is 0 Å². The van der Waals surface area contributed by atoms with Crippen LogP contribution in [-0.4, -0.2) is 65.7 Å². The Hall–Kier alpha value is -4.23. The van der Waals surface area contributed by atoms with E-state index in [4.69, 9.17) is 9.47 Å². The first-order valence-corrected chi connectivity index (χ1v) is 14.7. The number of carbonyl (C=O) groups is 2. The van der Waals surface area contributed by atoms with Gasteiger partial charge < -0.3 is 19.7 Å². The lowest BCUT2D eigenvalue weighted by Gasteiger charge is -2.37. The van der Waals surface area contributed by atoms with Crippen molar-refractivity contribution in [1.82, 2.24) is 14.5 Å². The third kappa shape index (κ3) is 6.74. The topological polar surface area (TPSA) is 112 Å². The van der Waals surface area contributed by atoms with Crippen molar-refractivity contribution in [3.05, 3.63) is 91.0 Å². The lowest BCUT2D eigenvalue weighted by Crippen LogP contribution is -2.46. The summed E-state index contributed by atoms with van der Waals surface area (Å²) in [5.41, 5.74) is 1.55. The number of hydrogen-bond donors (Lipinski definition) is 1. The molecule has 2 aromatic carbocycles. The van der Waals surface area contributed by atoms with Crippen molar-refractivity contribution in [3.63, 3.8) is 0 Å². The first-order chi connectivity index (χ1) is 21.5. The maximum absolute atomic E-state index is 15.4. The molecule has 2 aliphatic heterocycles. The van der Waals surface area contributed by atoms with Crippen molar-refractivity contribution in [2.24, 2.45) is 7.05 Å². The predicted molar refractivity (Wildman–Crippen MR) is 160 cm³/mol. The number of Topliss-reactive ketones (excluding diaryl/α,β-unsaturated/α-hetero) is 1. The van der Waals surface area contributed by atoms with E-state index in [0.717, 1.165) is 10.6 Å². The number of ether oxygens (including phenoxy) is 2. The maximum atomic E-state index is 15.4. The molecule has 0 unspecified atom stereocenters. The molecule has 45 heavy (non-hydrogen) atoms. The third-order valence-corrected chi connectivity index (χ3v) is 8.36. The van der Waals surface area contributed by atoms with E-state index in [-0.39, 0.29) is 31.0 Å². The molecule has 0 spiro atoms. The zero-order chi connectivity index (χ0) is 32.4. The number of anilines is 1. The molecule has 2 atom stereocenters. The van der Waals surface area contributed by atoms with E-state index in [0.29, 0.717) is 59.9 Å². The van der Waals surface area contributed by atoms with Crippen molar-refractivity contribution in [1.29, 1.82) is 0 Å². The molecule has 3 aromatic rings. The van der Waals surface area contributed by atoms with E-state index >= 15 is 4.39 Å². The van der Waals surface area contributed by atoms with Gasteiger partial charge in [0.25, 0.3) is 11.5 Å². The quantitative estimate of drug-likeness (QED) is 0.388. The number of ketones is 1. The van der Waals surface area contributed by atoms with E-state index in [1.54, 1.807) is 49.2 Å². The summed E-state index contributed by atoms with van der Waals surface area (Å²) in [7, 11) is 1.61. The Kier molecular flexibility index (Phi) is 9.59. The molecule has 0 bridgehead atoms. The highest BCUT2D eigenvalue weighted by molar-refractivity contribution is 5.99. The second-order valence-corrected chi connectivity index (χ2v) is 11.4. The molecule has 13 heteroatoms. The molecule has 1 amide bonds. The number of rotatable bonds is 9. The summed E-state index contributed by atoms with van der Waals surface area (Å²) in [6.07, 6.45) is -2.44. The van der Waals surface area contributed by atoms with Gasteiger partial charge in [0.1, 0.15) is 5.82 Å². The monoisotopic (exact) mass is 628 g/mol. The summed E-state index contributed by atoms with van der Waals surface area (Å²) >= 11 is 0. The molecule has 240 valence electrons. The standard InChI is InChI=1S/C32H35F3N4O6/c1-18-12-22(38-9-11-45-16-23(38)15-28(34)35)14-25(33)29(18)30(41)36-26(19(2)40)13-20-4-6-21(7-5-20)39-31(42)24-17-44-10-8-27(24)37(3)32(39)43/h4-7,12,14,23,26,28H,8-11,13,15-17H2,1-3H3,(H,36,41)/t23-,26-/m0/s1. The summed E-state index contributed by atoms with van der Waals surface area (Å²) in [5.74, 6) is -1.98. The Morgan fingerprint density at radius 1 is 1.07 bits per heavy atom. The Balaban J connectivity index is 1.33. The average molecular weight is 629 g/mol. The van der Waals surface area contributed by atoms with Crippen LogP contribution >= 0.6 is 0 Å². The molecule has 1 N–H and O–H groups in total. The number of aryl methyl sites for hydroxylation is 1. The number of amides is 1. The van der Waals surface area contributed by atoms with Crippen LogP contribution in [0.2, 0.25) is 0 Å². The van der Waals surface area contributed by atoms with Crippen LogP contribution in [0.15, 0.2) is 46.0 Å². The highest BCUT2D eigenvalue weighted by Crippen LogP contribution is 2.28. The number of carbonyl (C=O) groups excluding carboxylic acids is 2. The van der Waals surface area contributed by atoms with Gasteiger partial charge in [-0.1, -0.05) is 12.1 Å². The van der Waals surface area contributed by atoms with E-state index < -0.39 is 47.9 Å². The second kappa shape index (κ2) is 13.4. The van der Waals surface area contributed by atoms with Crippen LogP contribution in [0.3, 0.4) is 0 Å². The smallest absolute Gasteiger partial charge is 0.335 e. The summed E-state index contributed by atoms with van der Waals surface area (Å²) in [6.45, 7) is 4.11. The van der Waals surface area contributed by atoms with Crippen LogP contribution < -0.4 is 21.5 Å². The minimum atomic E-state index is -2.55. The largest absolute Gasteiger partial charge is 0.377 e. The minimum absolute atomic E-state index is 0.0775. The highest BCUT2D eigenvalue weighted by Gasteiger charge is 2.29. The van der Waals surface area contributed by atoms with E-state index in [1.165, 1.54) is 11.5 Å². The molecule has 1 fully saturated rings. The Bertz CT molecular complexity index is 1700. The van der Waals surface area contributed by atoms with Crippen molar-refractivity contribution >= 4 is 17.4 Å². The Morgan fingerprint density at radius 3 is 2.47 bits per heavy atom. The number of aromatic nitrogens is 2. The second-order valence-electron chi connectivity index (χ2n) is 11.4. The predicted octanol–water partition coefficient (Wildman–Crippen LogP) is 2.85. The molecule has 2 aliphatic rings. The summed E-state index contributed by atoms with van der Waals surface area (Å²) < 4.78 is 54.9. The maximum Gasteiger partial charge on any atom is 0.335 e. The molecule has 1 aromatic heterocycles. The van der Waals surface area contributed by atoms with E-state index in [2.05, 4.69) is 5.32 Å². The van der Waals surface area contributed by atoms with Crippen LogP contribution in [0.5, 0.6) is 0 Å². The number of halogens is 3. The third-order valence-electron chi connectivity index (χ3n) is 8.36. The summed E-state index contributed by atoms with van der Waals surface area (Å²) in [6, 6.07) is 7.57. The number of benzene rings is 2. The van der Waals surface area contributed by atoms with Crippen molar-refractivity contribution in [2.75, 3.05) is 31.3 Å². The first-order valence-electron chi connectivity index (χ1n) is 14.7. The van der Waals surface area contributed by atoms with Crippen LogP contribution in [-0.2, 0) is 40.8 Å². The minimum Gasteiger partial charge on any atom is -0.377 e. The summed E-state index contributed by atoms with van der Waals surface area (Å²) in [5, 5.41) is 2.62. The van der Waals surface area contributed by atoms with Gasteiger partial charge in [0.15, 0.2) is 5.78 Å². The number of hydrogen-bond acceptors (Lipinski definition) is 7. The normalized spacial score (nSPS) is 17.2. The van der Waals surface area contributed by atoms with Gasteiger partial charge in [-0.2, -0.15) is 0 Å². The number of morpholine rings is 1. The van der Waals surface area contributed by atoms with Gasteiger partial charge in [0, 0.05) is 37.8 Å². The zero-order valence-electron chi connectivity index (χ0n) is 25.3. The van der Waals surface area contributed by atoms with Gasteiger partial charge in [-0.3, -0.25) is 19.0 Å². The Morgan fingerprint density at radius 2 is 1.80 bits per heavy atom. The molecular weight excluding hydrogens is 593 g/mol. The molecule has 0 saturated carbocycles. The molecule has 0 radical (unpaired) electrons. The average Bonchev–Trinajstić information content (AvgIpc) is 3.00. The lowest BCUT2D eigenvalue weighted by molar-refractivity contribution is -0.118.